The van der Waals surface area contributed by atoms with Crippen LogP contribution in [0.2, 0.25) is 0 Å². The van der Waals surface area contributed by atoms with Gasteiger partial charge in [-0.1, -0.05) is 34.6 Å². The quantitative estimate of drug-likeness (QED) is 0.600. The Bertz CT molecular complexity index is 108. The molecule has 0 aromatic carbocycles. The first-order valence-electron chi connectivity index (χ1n) is 5.73. The largest absolute Gasteiger partial charge is 0.316 e. The van der Waals surface area contributed by atoms with Crippen LogP contribution in [-0.2, 0) is 0 Å². The molecule has 0 fully saturated rings. The Balaban J connectivity index is 3.22. The van der Waals surface area contributed by atoms with Gasteiger partial charge in [-0.05, 0) is 43.7 Å². The van der Waals surface area contributed by atoms with Crippen molar-refractivity contribution >= 4 is 0 Å². The van der Waals surface area contributed by atoms with Crippen molar-refractivity contribution in [2.45, 2.75) is 47.5 Å². The van der Waals surface area contributed by atoms with E-state index in [1.165, 1.54) is 25.9 Å². The second kappa shape index (κ2) is 7.37. The fourth-order valence-electron chi connectivity index (χ4n) is 1.63. The van der Waals surface area contributed by atoms with Crippen LogP contribution in [0.25, 0.3) is 0 Å². The van der Waals surface area contributed by atoms with Crippen molar-refractivity contribution in [2.75, 3.05) is 13.1 Å². The number of hydrogen-bond acceptors (Lipinski definition) is 1. The van der Waals surface area contributed by atoms with Crippen LogP contribution in [-0.4, -0.2) is 13.1 Å². The Morgan fingerprint density at radius 2 is 1.54 bits per heavy atom. The molecule has 0 aliphatic rings. The van der Waals surface area contributed by atoms with Gasteiger partial charge in [0.2, 0.25) is 0 Å². The van der Waals surface area contributed by atoms with E-state index in [0.29, 0.717) is 0 Å². The molecule has 0 aliphatic carbocycles. The fraction of sp³-hybridized carbons (Fsp3) is 1.00. The number of rotatable bonds is 7. The molecule has 0 saturated heterocycles. The molecule has 0 rings (SSSR count). The summed E-state index contributed by atoms with van der Waals surface area (Å²) in [5.74, 6) is 2.49. The monoisotopic (exact) mass is 185 g/mol. The lowest BCUT2D eigenvalue weighted by molar-refractivity contribution is 0.406. The highest BCUT2D eigenvalue weighted by Gasteiger charge is 2.04. The maximum Gasteiger partial charge on any atom is -0.00231 e. The molecule has 0 aromatic rings. The summed E-state index contributed by atoms with van der Waals surface area (Å²) in [6, 6.07) is 0. The zero-order valence-electron chi connectivity index (χ0n) is 10.1. The summed E-state index contributed by atoms with van der Waals surface area (Å²) in [5.41, 5.74) is 0. The van der Waals surface area contributed by atoms with Gasteiger partial charge in [-0.25, -0.2) is 0 Å². The van der Waals surface area contributed by atoms with Gasteiger partial charge in [0, 0.05) is 0 Å². The van der Waals surface area contributed by atoms with Crippen LogP contribution in [0.5, 0.6) is 0 Å². The van der Waals surface area contributed by atoms with E-state index >= 15 is 0 Å². The summed E-state index contributed by atoms with van der Waals surface area (Å²) in [5, 5.41) is 3.52. The van der Waals surface area contributed by atoms with Crippen molar-refractivity contribution in [2.24, 2.45) is 17.8 Å². The molecule has 1 nitrogen and oxygen atoms in total. The molecule has 1 N–H and O–H groups in total. The lowest BCUT2D eigenvalue weighted by Gasteiger charge is -2.15. The zero-order valence-corrected chi connectivity index (χ0v) is 10.1. The molecule has 1 heteroatoms. The summed E-state index contributed by atoms with van der Waals surface area (Å²) in [6.07, 6.45) is 2.64. The maximum atomic E-state index is 3.52. The van der Waals surface area contributed by atoms with Gasteiger partial charge < -0.3 is 5.32 Å². The first-order valence-corrected chi connectivity index (χ1v) is 5.73. The number of hydrogen-bond donors (Lipinski definition) is 1. The Morgan fingerprint density at radius 3 is 2.00 bits per heavy atom. The van der Waals surface area contributed by atoms with Crippen LogP contribution in [0.1, 0.15) is 47.5 Å². The minimum Gasteiger partial charge on any atom is -0.316 e. The fourth-order valence-corrected chi connectivity index (χ4v) is 1.63. The summed E-state index contributed by atoms with van der Waals surface area (Å²) >= 11 is 0. The van der Waals surface area contributed by atoms with Crippen molar-refractivity contribution in [1.29, 1.82) is 0 Å². The molecule has 1 unspecified atom stereocenters. The number of nitrogens with one attached hydrogen (secondary N) is 1. The lowest BCUT2D eigenvalue weighted by atomic mass is 9.99. The van der Waals surface area contributed by atoms with Crippen molar-refractivity contribution in [3.8, 4) is 0 Å². The summed E-state index contributed by atoms with van der Waals surface area (Å²) < 4.78 is 0. The van der Waals surface area contributed by atoms with E-state index in [9.17, 15) is 0 Å². The van der Waals surface area contributed by atoms with E-state index in [1.54, 1.807) is 0 Å². The van der Waals surface area contributed by atoms with Crippen LogP contribution in [0.15, 0.2) is 0 Å². The van der Waals surface area contributed by atoms with Crippen LogP contribution >= 0.6 is 0 Å². The van der Waals surface area contributed by atoms with Crippen LogP contribution in [0.3, 0.4) is 0 Å². The van der Waals surface area contributed by atoms with Gasteiger partial charge in [-0.3, -0.25) is 0 Å². The molecular weight excluding hydrogens is 158 g/mol. The summed E-state index contributed by atoms with van der Waals surface area (Å²) in [4.78, 5) is 0. The molecular formula is C12H27N. The average molecular weight is 185 g/mol. The molecule has 13 heavy (non-hydrogen) atoms. The first kappa shape index (κ1) is 13.0. The van der Waals surface area contributed by atoms with E-state index in [1.807, 2.05) is 0 Å². The maximum absolute atomic E-state index is 3.52. The second-order valence-corrected chi connectivity index (χ2v) is 5.12. The highest BCUT2D eigenvalue weighted by molar-refractivity contribution is 4.60. The molecule has 0 heterocycles. The second-order valence-electron chi connectivity index (χ2n) is 5.12. The normalized spacial score (nSPS) is 14.1. The van der Waals surface area contributed by atoms with Crippen LogP contribution in [0, 0.1) is 17.8 Å². The molecule has 0 spiro atoms. The molecule has 0 aliphatic heterocycles. The summed E-state index contributed by atoms with van der Waals surface area (Å²) in [7, 11) is 0. The van der Waals surface area contributed by atoms with Crippen molar-refractivity contribution in [3.63, 3.8) is 0 Å². The zero-order chi connectivity index (χ0) is 10.3. The lowest BCUT2D eigenvalue weighted by Crippen LogP contribution is -2.23. The summed E-state index contributed by atoms with van der Waals surface area (Å²) in [6.45, 7) is 13.8. The van der Waals surface area contributed by atoms with Crippen molar-refractivity contribution in [1.82, 2.24) is 5.32 Å². The van der Waals surface area contributed by atoms with Crippen LogP contribution < -0.4 is 5.32 Å². The van der Waals surface area contributed by atoms with Gasteiger partial charge in [0.05, 0.1) is 0 Å². The Morgan fingerprint density at radius 1 is 0.923 bits per heavy atom. The predicted octanol–water partition coefficient (Wildman–Crippen LogP) is 3.30. The molecule has 80 valence electrons. The minimum absolute atomic E-state index is 0.826. The topological polar surface area (TPSA) is 12.0 Å². The SMILES string of the molecule is CC(C)CCNCC(C)CC(C)C. The molecule has 1 atom stereocenters. The Labute approximate surface area is 84.3 Å². The van der Waals surface area contributed by atoms with Gasteiger partial charge in [-0.2, -0.15) is 0 Å². The highest BCUT2D eigenvalue weighted by atomic mass is 14.8. The van der Waals surface area contributed by atoms with Gasteiger partial charge in [0.15, 0.2) is 0 Å². The Hall–Kier alpha value is -0.0400. The third-order valence-corrected chi connectivity index (χ3v) is 2.27. The first-order chi connectivity index (χ1) is 6.02. The molecule has 0 amide bonds. The minimum atomic E-state index is 0.826. The standard InChI is InChI=1S/C12H27N/c1-10(2)6-7-13-9-12(5)8-11(3)4/h10-13H,6-9H2,1-5H3. The third kappa shape index (κ3) is 9.88. The van der Waals surface area contributed by atoms with E-state index in [0.717, 1.165) is 17.8 Å². The smallest absolute Gasteiger partial charge is 0.00231 e. The highest BCUT2D eigenvalue weighted by Crippen LogP contribution is 2.09. The van der Waals surface area contributed by atoms with E-state index in [4.69, 9.17) is 0 Å². The molecule has 0 saturated carbocycles. The van der Waals surface area contributed by atoms with Crippen LogP contribution in [0.4, 0.5) is 0 Å². The van der Waals surface area contributed by atoms with Gasteiger partial charge in [-0.15, -0.1) is 0 Å². The van der Waals surface area contributed by atoms with Gasteiger partial charge in [0.25, 0.3) is 0 Å². The average Bonchev–Trinajstić information content (AvgIpc) is 1.96. The van der Waals surface area contributed by atoms with E-state index in [2.05, 4.69) is 39.9 Å². The molecule has 0 radical (unpaired) electrons. The predicted molar refractivity (Wildman–Crippen MR) is 60.9 cm³/mol. The van der Waals surface area contributed by atoms with E-state index in [-0.39, 0.29) is 0 Å². The molecule has 0 aromatic heterocycles. The van der Waals surface area contributed by atoms with Crippen molar-refractivity contribution < 1.29 is 0 Å². The van der Waals surface area contributed by atoms with Gasteiger partial charge >= 0.3 is 0 Å². The molecule has 0 bridgehead atoms. The van der Waals surface area contributed by atoms with E-state index < -0.39 is 0 Å². The van der Waals surface area contributed by atoms with Crippen molar-refractivity contribution in [3.05, 3.63) is 0 Å². The Kier molecular flexibility index (Phi) is 7.35. The van der Waals surface area contributed by atoms with Gasteiger partial charge in [0.1, 0.15) is 0 Å². The third-order valence-electron chi connectivity index (χ3n) is 2.27.